The lowest BCUT2D eigenvalue weighted by Crippen LogP contribution is -2.45. The highest BCUT2D eigenvalue weighted by Crippen LogP contribution is 2.36. The second-order valence-electron chi connectivity index (χ2n) is 6.33. The van der Waals surface area contributed by atoms with E-state index in [1.54, 1.807) is 48.5 Å². The fraction of sp³-hybridized carbons (Fsp3) is 0.300. The van der Waals surface area contributed by atoms with E-state index < -0.39 is 36.1 Å². The molecule has 2 aromatic rings. The highest BCUT2D eigenvalue weighted by atomic mass is 19.1. The molecule has 1 fully saturated rings. The average Bonchev–Trinajstić information content (AvgIpc) is 2.90. The Morgan fingerprint density at radius 3 is 2.11 bits per heavy atom. The molecule has 27 heavy (non-hydrogen) atoms. The molecule has 1 saturated heterocycles. The van der Waals surface area contributed by atoms with E-state index in [0.717, 1.165) is 6.92 Å². The summed E-state index contributed by atoms with van der Waals surface area (Å²) in [6.45, 7) is 0.691. The monoisotopic (exact) mass is 374 g/mol. The van der Waals surface area contributed by atoms with Crippen molar-refractivity contribution in [2.75, 3.05) is 6.61 Å². The zero-order valence-electron chi connectivity index (χ0n) is 14.6. The number of esters is 2. The summed E-state index contributed by atoms with van der Waals surface area (Å²) in [6.07, 6.45) is -4.40. The van der Waals surface area contributed by atoms with Crippen molar-refractivity contribution in [3.63, 3.8) is 0 Å². The standard InChI is InChI=1S/C20H19FO6/c1-20(21)16(27-18(23)14-10-6-3-7-11-14)15(26-19(20)24)12-25-17(22)13-8-4-2-5-9-13/h2-11,15-16,19,24H,12H2,1H3/t15?,16-,19?,20?/m1/s1. The number of alkyl halides is 1. The molecule has 4 atom stereocenters. The summed E-state index contributed by atoms with van der Waals surface area (Å²) < 4.78 is 30.4. The zero-order valence-corrected chi connectivity index (χ0v) is 14.6. The lowest BCUT2D eigenvalue weighted by atomic mass is 9.99. The van der Waals surface area contributed by atoms with Gasteiger partial charge in [-0.15, -0.1) is 0 Å². The maximum absolute atomic E-state index is 14.8. The van der Waals surface area contributed by atoms with Crippen molar-refractivity contribution in [3.05, 3.63) is 71.8 Å². The van der Waals surface area contributed by atoms with E-state index in [1.165, 1.54) is 12.1 Å². The van der Waals surface area contributed by atoms with Gasteiger partial charge in [0.1, 0.15) is 12.7 Å². The van der Waals surface area contributed by atoms with Crippen LogP contribution in [-0.4, -0.2) is 47.8 Å². The van der Waals surface area contributed by atoms with Crippen LogP contribution in [-0.2, 0) is 14.2 Å². The van der Waals surface area contributed by atoms with Crippen molar-refractivity contribution >= 4 is 11.9 Å². The van der Waals surface area contributed by atoms with Crippen LogP contribution in [0.3, 0.4) is 0 Å². The van der Waals surface area contributed by atoms with Gasteiger partial charge >= 0.3 is 11.9 Å². The van der Waals surface area contributed by atoms with Crippen molar-refractivity contribution in [3.8, 4) is 0 Å². The molecular formula is C20H19FO6. The molecule has 7 heteroatoms. The predicted octanol–water partition coefficient (Wildman–Crippen LogP) is 2.51. The smallest absolute Gasteiger partial charge is 0.338 e. The van der Waals surface area contributed by atoms with Gasteiger partial charge in [-0.25, -0.2) is 14.0 Å². The largest absolute Gasteiger partial charge is 0.459 e. The van der Waals surface area contributed by atoms with E-state index in [-0.39, 0.29) is 12.2 Å². The number of rotatable bonds is 5. The highest BCUT2D eigenvalue weighted by Gasteiger charge is 2.57. The Labute approximate surface area is 155 Å². The van der Waals surface area contributed by atoms with Crippen molar-refractivity contribution < 1.29 is 33.3 Å². The molecule has 0 radical (unpaired) electrons. The summed E-state index contributed by atoms with van der Waals surface area (Å²) >= 11 is 0. The van der Waals surface area contributed by atoms with E-state index in [2.05, 4.69) is 0 Å². The number of carbonyl (C=O) groups excluding carboxylic acids is 2. The number of halogens is 1. The first-order valence-electron chi connectivity index (χ1n) is 8.40. The van der Waals surface area contributed by atoms with Crippen LogP contribution >= 0.6 is 0 Å². The normalized spacial score (nSPS) is 27.1. The number of carbonyl (C=O) groups is 2. The number of aliphatic hydroxyl groups excluding tert-OH is 1. The molecule has 3 unspecified atom stereocenters. The fourth-order valence-electron chi connectivity index (χ4n) is 2.76. The molecule has 142 valence electrons. The fourth-order valence-corrected chi connectivity index (χ4v) is 2.76. The van der Waals surface area contributed by atoms with Crippen LogP contribution < -0.4 is 0 Å². The Balaban J connectivity index is 1.69. The van der Waals surface area contributed by atoms with Gasteiger partial charge in [-0.3, -0.25) is 0 Å². The maximum Gasteiger partial charge on any atom is 0.338 e. The van der Waals surface area contributed by atoms with Crippen LogP contribution in [0, 0.1) is 0 Å². The van der Waals surface area contributed by atoms with Gasteiger partial charge in [-0.1, -0.05) is 36.4 Å². The molecule has 3 rings (SSSR count). The summed E-state index contributed by atoms with van der Waals surface area (Å²) in [5, 5.41) is 9.83. The van der Waals surface area contributed by atoms with E-state index in [0.29, 0.717) is 5.56 Å². The maximum atomic E-state index is 14.8. The van der Waals surface area contributed by atoms with Gasteiger partial charge in [0.25, 0.3) is 0 Å². The molecule has 1 aliphatic rings. The molecule has 1 N–H and O–H groups in total. The second kappa shape index (κ2) is 7.85. The van der Waals surface area contributed by atoms with Gasteiger partial charge < -0.3 is 19.3 Å². The second-order valence-corrected chi connectivity index (χ2v) is 6.33. The zero-order chi connectivity index (χ0) is 19.4. The number of hydrogen-bond acceptors (Lipinski definition) is 6. The molecule has 0 saturated carbocycles. The quantitative estimate of drug-likeness (QED) is 0.810. The summed E-state index contributed by atoms with van der Waals surface area (Å²) in [5.41, 5.74) is -1.81. The third-order valence-electron chi connectivity index (χ3n) is 4.31. The third-order valence-corrected chi connectivity index (χ3v) is 4.31. The van der Waals surface area contributed by atoms with E-state index in [1.807, 2.05) is 0 Å². The Kier molecular flexibility index (Phi) is 5.53. The van der Waals surface area contributed by atoms with Gasteiger partial charge in [0.2, 0.25) is 0 Å². The molecule has 0 aliphatic carbocycles. The molecule has 6 nitrogen and oxygen atoms in total. The summed E-state index contributed by atoms with van der Waals surface area (Å²) in [7, 11) is 0. The molecule has 2 aromatic carbocycles. The number of ether oxygens (including phenoxy) is 3. The van der Waals surface area contributed by atoms with Crippen LogP contribution in [0.5, 0.6) is 0 Å². The topological polar surface area (TPSA) is 82.1 Å². The first-order valence-corrected chi connectivity index (χ1v) is 8.40. The number of aliphatic hydroxyl groups is 1. The van der Waals surface area contributed by atoms with E-state index in [9.17, 15) is 19.1 Å². The number of benzene rings is 2. The van der Waals surface area contributed by atoms with Crippen LogP contribution in [0.1, 0.15) is 27.6 Å². The van der Waals surface area contributed by atoms with Crippen LogP contribution in [0.25, 0.3) is 0 Å². The minimum atomic E-state index is -2.35. The SMILES string of the molecule is CC1(F)C(O)OC(COC(=O)c2ccccc2)[C@H]1OC(=O)c1ccccc1. The summed E-state index contributed by atoms with van der Waals surface area (Å²) in [6, 6.07) is 16.3. The first kappa shape index (κ1) is 19.0. The van der Waals surface area contributed by atoms with Crippen molar-refractivity contribution in [1.29, 1.82) is 0 Å². The molecule has 0 aromatic heterocycles. The lowest BCUT2D eigenvalue weighted by molar-refractivity contribution is -0.144. The van der Waals surface area contributed by atoms with Gasteiger partial charge in [-0.05, 0) is 31.2 Å². The Hall–Kier alpha value is -2.77. The molecular weight excluding hydrogens is 355 g/mol. The first-order chi connectivity index (χ1) is 12.9. The van der Waals surface area contributed by atoms with Crippen molar-refractivity contribution in [2.24, 2.45) is 0 Å². The summed E-state index contributed by atoms with van der Waals surface area (Å²) in [5.74, 6) is -1.39. The van der Waals surface area contributed by atoms with Crippen LogP contribution in [0.4, 0.5) is 4.39 Å². The van der Waals surface area contributed by atoms with Gasteiger partial charge in [-0.2, -0.15) is 0 Å². The van der Waals surface area contributed by atoms with Crippen molar-refractivity contribution in [1.82, 2.24) is 0 Å². The van der Waals surface area contributed by atoms with E-state index in [4.69, 9.17) is 14.2 Å². The van der Waals surface area contributed by atoms with Crippen LogP contribution in [0.15, 0.2) is 60.7 Å². The molecule has 0 spiro atoms. The molecule has 1 heterocycles. The Bertz CT molecular complexity index is 793. The molecule has 1 aliphatic heterocycles. The molecule has 0 bridgehead atoms. The Morgan fingerprint density at radius 1 is 1.04 bits per heavy atom. The minimum Gasteiger partial charge on any atom is -0.459 e. The van der Waals surface area contributed by atoms with Crippen LogP contribution in [0.2, 0.25) is 0 Å². The Morgan fingerprint density at radius 2 is 1.56 bits per heavy atom. The highest BCUT2D eigenvalue weighted by molar-refractivity contribution is 5.90. The number of hydrogen-bond donors (Lipinski definition) is 1. The predicted molar refractivity (Wildman–Crippen MR) is 92.8 cm³/mol. The molecule has 0 amide bonds. The van der Waals surface area contributed by atoms with Gasteiger partial charge in [0, 0.05) is 0 Å². The van der Waals surface area contributed by atoms with Gasteiger partial charge in [0.15, 0.2) is 18.1 Å². The average molecular weight is 374 g/mol. The van der Waals surface area contributed by atoms with Crippen molar-refractivity contribution in [2.45, 2.75) is 31.1 Å². The summed E-state index contributed by atoms with van der Waals surface area (Å²) in [4.78, 5) is 24.3. The lowest BCUT2D eigenvalue weighted by Gasteiger charge is -2.25. The third kappa shape index (κ3) is 4.15. The van der Waals surface area contributed by atoms with Gasteiger partial charge in [0.05, 0.1) is 11.1 Å². The van der Waals surface area contributed by atoms with E-state index >= 15 is 0 Å². The minimum absolute atomic E-state index is 0.231.